The highest BCUT2D eigenvalue weighted by molar-refractivity contribution is 6.67. The molecule has 1 aromatic rings. The summed E-state index contributed by atoms with van der Waals surface area (Å²) in [6.07, 6.45) is 0. The van der Waals surface area contributed by atoms with Gasteiger partial charge in [-0.2, -0.15) is 0 Å². The SMILES string of the molecule is Fc1cc(Cl)c(C(Cl)(Cl)Cl)cc1F. The summed E-state index contributed by atoms with van der Waals surface area (Å²) in [6, 6.07) is 1.51. The van der Waals surface area contributed by atoms with E-state index in [-0.39, 0.29) is 10.6 Å². The lowest BCUT2D eigenvalue weighted by molar-refractivity contribution is 0.507. The van der Waals surface area contributed by atoms with E-state index in [1.54, 1.807) is 0 Å². The van der Waals surface area contributed by atoms with Gasteiger partial charge in [-0.1, -0.05) is 46.4 Å². The highest BCUT2D eigenvalue weighted by Crippen LogP contribution is 2.42. The van der Waals surface area contributed by atoms with E-state index in [1.165, 1.54) is 0 Å². The van der Waals surface area contributed by atoms with Crippen LogP contribution in [0.2, 0.25) is 5.02 Å². The number of hydrogen-bond acceptors (Lipinski definition) is 0. The van der Waals surface area contributed by atoms with Crippen LogP contribution in [0.3, 0.4) is 0 Å². The van der Waals surface area contributed by atoms with Gasteiger partial charge in [-0.3, -0.25) is 0 Å². The first-order chi connectivity index (χ1) is 5.82. The summed E-state index contributed by atoms with van der Waals surface area (Å²) in [5.74, 6) is -2.19. The first-order valence-corrected chi connectivity index (χ1v) is 4.55. The first kappa shape index (κ1) is 11.3. The second-order valence-electron chi connectivity index (χ2n) is 2.24. The molecule has 0 nitrogen and oxygen atoms in total. The van der Waals surface area contributed by atoms with Crippen molar-refractivity contribution in [2.45, 2.75) is 3.79 Å². The minimum Gasteiger partial charge on any atom is -0.204 e. The zero-order chi connectivity index (χ0) is 10.2. The van der Waals surface area contributed by atoms with Gasteiger partial charge in [-0.15, -0.1) is 0 Å². The van der Waals surface area contributed by atoms with E-state index in [2.05, 4.69) is 0 Å². The highest BCUT2D eigenvalue weighted by atomic mass is 35.6. The molecular weight excluding hydrogens is 264 g/mol. The number of hydrogen-bond donors (Lipinski definition) is 0. The Bertz CT molecular complexity index is 332. The maximum atomic E-state index is 12.7. The zero-order valence-electron chi connectivity index (χ0n) is 5.92. The smallest absolute Gasteiger partial charge is 0.204 e. The Morgan fingerprint density at radius 1 is 1.00 bits per heavy atom. The molecule has 1 aromatic carbocycles. The van der Waals surface area contributed by atoms with Crippen LogP contribution in [0, 0.1) is 11.6 Å². The maximum absolute atomic E-state index is 12.7. The van der Waals surface area contributed by atoms with Crippen LogP contribution in [0.25, 0.3) is 0 Å². The molecule has 0 aromatic heterocycles. The van der Waals surface area contributed by atoms with Crippen LogP contribution in [0.15, 0.2) is 12.1 Å². The third kappa shape index (κ3) is 2.59. The molecule has 0 unspecified atom stereocenters. The normalized spacial score (nSPS) is 11.8. The molecule has 6 heteroatoms. The number of halogens is 6. The van der Waals surface area contributed by atoms with Crippen LogP contribution < -0.4 is 0 Å². The van der Waals surface area contributed by atoms with Crippen LogP contribution in [0.4, 0.5) is 8.78 Å². The fraction of sp³-hybridized carbons (Fsp3) is 0.143. The van der Waals surface area contributed by atoms with Gasteiger partial charge in [-0.05, 0) is 12.1 Å². The second-order valence-corrected chi connectivity index (χ2v) is 4.93. The molecule has 72 valence electrons. The molecule has 0 saturated heterocycles. The third-order valence-electron chi connectivity index (χ3n) is 1.32. The second kappa shape index (κ2) is 3.77. The predicted molar refractivity (Wildman–Crippen MR) is 50.6 cm³/mol. The lowest BCUT2D eigenvalue weighted by atomic mass is 10.2. The van der Waals surface area contributed by atoms with E-state index in [4.69, 9.17) is 46.4 Å². The van der Waals surface area contributed by atoms with Gasteiger partial charge in [0.15, 0.2) is 11.6 Å². The van der Waals surface area contributed by atoms with Crippen molar-refractivity contribution < 1.29 is 8.78 Å². The van der Waals surface area contributed by atoms with Gasteiger partial charge >= 0.3 is 0 Å². The molecule has 0 saturated carbocycles. The average Bonchev–Trinajstić information content (AvgIpc) is 1.94. The predicted octanol–water partition coefficient (Wildman–Crippen LogP) is 4.44. The molecule has 0 N–H and O–H groups in total. The van der Waals surface area contributed by atoms with Crippen molar-refractivity contribution in [2.75, 3.05) is 0 Å². The Morgan fingerprint density at radius 2 is 1.46 bits per heavy atom. The topological polar surface area (TPSA) is 0 Å². The maximum Gasteiger partial charge on any atom is 0.217 e. The lowest BCUT2D eigenvalue weighted by Gasteiger charge is -2.13. The van der Waals surface area contributed by atoms with E-state index in [0.717, 1.165) is 12.1 Å². The molecule has 0 spiro atoms. The van der Waals surface area contributed by atoms with Crippen molar-refractivity contribution in [3.63, 3.8) is 0 Å². The van der Waals surface area contributed by atoms with Crippen molar-refractivity contribution in [2.24, 2.45) is 0 Å². The van der Waals surface area contributed by atoms with Gasteiger partial charge in [0.05, 0.1) is 5.02 Å². The van der Waals surface area contributed by atoms with E-state index in [0.29, 0.717) is 0 Å². The summed E-state index contributed by atoms with van der Waals surface area (Å²) >= 11 is 21.9. The Hall–Kier alpha value is 0.240. The zero-order valence-corrected chi connectivity index (χ0v) is 8.95. The van der Waals surface area contributed by atoms with Crippen LogP contribution in [0.1, 0.15) is 5.56 Å². The summed E-state index contributed by atoms with van der Waals surface area (Å²) in [5.41, 5.74) is -0.0851. The van der Waals surface area contributed by atoms with Crippen molar-refractivity contribution in [3.8, 4) is 0 Å². The van der Waals surface area contributed by atoms with Crippen molar-refractivity contribution in [1.82, 2.24) is 0 Å². The first-order valence-electron chi connectivity index (χ1n) is 3.04. The van der Waals surface area contributed by atoms with Gasteiger partial charge in [0.2, 0.25) is 3.79 Å². The molecule has 0 radical (unpaired) electrons. The summed E-state index contributed by atoms with van der Waals surface area (Å²) in [5, 5.41) is -0.126. The fourth-order valence-electron chi connectivity index (χ4n) is 0.740. The number of benzene rings is 1. The summed E-state index contributed by atoms with van der Waals surface area (Å²) in [6.45, 7) is 0. The number of rotatable bonds is 0. The van der Waals surface area contributed by atoms with Crippen molar-refractivity contribution >= 4 is 46.4 Å². The van der Waals surface area contributed by atoms with Gasteiger partial charge in [-0.25, -0.2) is 8.78 Å². The summed E-state index contributed by atoms with van der Waals surface area (Å²) in [4.78, 5) is 0. The summed E-state index contributed by atoms with van der Waals surface area (Å²) in [7, 11) is 0. The van der Waals surface area contributed by atoms with Gasteiger partial charge < -0.3 is 0 Å². The number of alkyl halides is 3. The molecule has 0 atom stereocenters. The van der Waals surface area contributed by atoms with Crippen molar-refractivity contribution in [1.29, 1.82) is 0 Å². The largest absolute Gasteiger partial charge is 0.217 e. The van der Waals surface area contributed by atoms with Gasteiger partial charge in [0, 0.05) is 5.56 Å². The van der Waals surface area contributed by atoms with E-state index >= 15 is 0 Å². The molecule has 13 heavy (non-hydrogen) atoms. The lowest BCUT2D eigenvalue weighted by Crippen LogP contribution is -2.03. The molecule has 1 rings (SSSR count). The molecule has 0 fully saturated rings. The van der Waals surface area contributed by atoms with Crippen LogP contribution >= 0.6 is 46.4 Å². The van der Waals surface area contributed by atoms with Crippen LogP contribution in [-0.2, 0) is 3.79 Å². The average molecular weight is 266 g/mol. The minimum absolute atomic E-state index is 0.0851. The van der Waals surface area contributed by atoms with E-state index in [1.807, 2.05) is 0 Å². The molecular formula is C7H2Cl4F2. The summed E-state index contributed by atoms with van der Waals surface area (Å²) < 4.78 is 23.4. The highest BCUT2D eigenvalue weighted by Gasteiger charge is 2.27. The molecule has 0 aliphatic carbocycles. The monoisotopic (exact) mass is 264 g/mol. The van der Waals surface area contributed by atoms with Crippen molar-refractivity contribution in [3.05, 3.63) is 34.4 Å². The Morgan fingerprint density at radius 3 is 1.92 bits per heavy atom. The molecule has 0 bridgehead atoms. The van der Waals surface area contributed by atoms with Gasteiger partial charge in [0.25, 0.3) is 0 Å². The quantitative estimate of drug-likeness (QED) is 0.480. The minimum atomic E-state index is -1.86. The molecule has 0 aliphatic heterocycles. The third-order valence-corrected chi connectivity index (χ3v) is 2.24. The molecule has 0 heterocycles. The Kier molecular flexibility index (Phi) is 3.29. The Labute approximate surface area is 93.3 Å². The fourth-order valence-corrected chi connectivity index (χ4v) is 1.65. The van der Waals surface area contributed by atoms with Gasteiger partial charge in [0.1, 0.15) is 0 Å². The van der Waals surface area contributed by atoms with Crippen LogP contribution in [-0.4, -0.2) is 0 Å². The van der Waals surface area contributed by atoms with Crippen LogP contribution in [0.5, 0.6) is 0 Å². The Balaban J connectivity index is 3.32. The molecule has 0 aliphatic rings. The van der Waals surface area contributed by atoms with E-state index < -0.39 is 15.4 Å². The van der Waals surface area contributed by atoms with E-state index in [9.17, 15) is 8.78 Å². The standard InChI is InChI=1S/C7H2Cl4F2/c8-4-2-6(13)5(12)1-3(4)7(9,10)11/h1-2H. The molecule has 0 amide bonds.